The smallest absolute Gasteiger partial charge is 0.426 e. The van der Waals surface area contributed by atoms with Gasteiger partial charge in [0.25, 0.3) is 5.60 Å². The van der Waals surface area contributed by atoms with Crippen LogP contribution in [0.3, 0.4) is 0 Å². The molecular formula is C44H35Cl6F12NO5. The number of cyclic esters (lactones) is 1. The van der Waals surface area contributed by atoms with Crippen LogP contribution in [0.25, 0.3) is 0 Å². The highest BCUT2D eigenvalue weighted by Gasteiger charge is 2.65. The third kappa shape index (κ3) is 13.0. The first kappa shape index (κ1) is 56.9. The normalized spacial score (nSPS) is 16.5. The Morgan fingerprint density at radius 1 is 0.647 bits per heavy atom. The maximum atomic E-state index is 14.2. The zero-order valence-electron chi connectivity index (χ0n) is 35.0. The number of ketones is 2. The number of hydrogen-bond acceptors (Lipinski definition) is 5. The lowest BCUT2D eigenvalue weighted by atomic mass is 9.86. The Balaban J connectivity index is 0.000000297. The molecule has 0 aliphatic carbocycles. The van der Waals surface area contributed by atoms with Crippen LogP contribution in [0.4, 0.5) is 63.2 Å². The average molecular weight is 1100 g/mol. The number of carbonyl (C=O) groups is 3. The summed E-state index contributed by atoms with van der Waals surface area (Å²) in [5.41, 5.74) is -11.1. The van der Waals surface area contributed by atoms with E-state index in [1.54, 1.807) is 13.8 Å². The molecule has 0 radical (unpaired) electrons. The Hall–Kier alpha value is -3.65. The molecule has 6 nitrogen and oxygen atoms in total. The molecule has 0 spiro atoms. The molecule has 4 aromatic carbocycles. The average Bonchev–Trinajstić information content (AvgIpc) is 3.62. The van der Waals surface area contributed by atoms with Crippen LogP contribution in [0, 0.1) is 0 Å². The van der Waals surface area contributed by atoms with Crippen molar-refractivity contribution in [3.63, 3.8) is 0 Å². The van der Waals surface area contributed by atoms with Gasteiger partial charge in [-0.1, -0.05) is 102 Å². The fourth-order valence-corrected chi connectivity index (χ4v) is 8.11. The van der Waals surface area contributed by atoms with Crippen LogP contribution in [0.5, 0.6) is 0 Å². The Morgan fingerprint density at radius 3 is 1.51 bits per heavy atom. The Kier molecular flexibility index (Phi) is 18.2. The predicted molar refractivity (Wildman–Crippen MR) is 233 cm³/mol. The van der Waals surface area contributed by atoms with Gasteiger partial charge in [-0.05, 0) is 90.4 Å². The Labute approximate surface area is 410 Å². The number of Topliss-reactive ketones (excluding diaryl/α,β-unsaturated/α-hetero) is 2. The first-order valence-electron chi connectivity index (χ1n) is 19.8. The minimum atomic E-state index is -5.19. The summed E-state index contributed by atoms with van der Waals surface area (Å²) in [5.74, 6) is -0.455. The van der Waals surface area contributed by atoms with Crippen molar-refractivity contribution in [1.29, 1.82) is 0 Å². The van der Waals surface area contributed by atoms with E-state index < -0.39 is 89.3 Å². The Bertz CT molecular complexity index is 2490. The maximum absolute atomic E-state index is 14.2. The molecule has 5 rings (SSSR count). The van der Waals surface area contributed by atoms with E-state index >= 15 is 0 Å². The number of alkyl halides is 12. The molecule has 1 heterocycles. The van der Waals surface area contributed by atoms with E-state index in [0.29, 0.717) is 11.0 Å². The van der Waals surface area contributed by atoms with Gasteiger partial charge < -0.3 is 9.84 Å². The first-order valence-corrected chi connectivity index (χ1v) is 22.1. The van der Waals surface area contributed by atoms with Gasteiger partial charge in [-0.2, -0.15) is 52.7 Å². The predicted octanol–water partition coefficient (Wildman–Crippen LogP) is 16.0. The van der Waals surface area contributed by atoms with E-state index in [4.69, 9.17) is 74.3 Å². The number of benzene rings is 4. The number of nitrogens with zero attached hydrogens (tertiary/aromatic N) is 1. The number of halogens is 18. The molecule has 24 heteroatoms. The maximum Gasteiger partial charge on any atom is 0.434 e. The van der Waals surface area contributed by atoms with Crippen molar-refractivity contribution < 1.29 is 76.9 Å². The molecule has 4 aromatic rings. The second-order valence-corrected chi connectivity index (χ2v) is 17.6. The molecule has 1 amide bonds. The molecule has 2 unspecified atom stereocenters. The molecular weight excluding hydrogens is 1060 g/mol. The standard InChI is InChI=1S/C22H16Cl3F6NO3.C22H19Cl3F6O2/c1-2-14(33)6-4-11-3-5-13(9-15(11)21(26,27)28)32-10-20(22(29,30)31,35-19(32)34)12-7-16(23)18(25)17(24)8-12;1-2-15(32)6-5-13-4-3-12(9-16(13)21(26,27)28)7-8-20(33,22(29,30)31)14-10-17(23)19(25)18(24)11-14/h3,5,7-9H,2,4,6,10H2,1H3;3-4,9-11,33H,2,5-8H2,1H3. The number of carbonyl (C=O) groups excluding carboxylic acids is 3. The summed E-state index contributed by atoms with van der Waals surface area (Å²) in [5, 5.41) is 8.82. The van der Waals surface area contributed by atoms with E-state index in [-0.39, 0.29) is 96.9 Å². The number of rotatable bonds is 14. The van der Waals surface area contributed by atoms with Gasteiger partial charge in [0, 0.05) is 36.9 Å². The lowest BCUT2D eigenvalue weighted by Gasteiger charge is -2.31. The number of hydrogen-bond donors (Lipinski definition) is 1. The number of aliphatic hydroxyl groups is 1. The highest BCUT2D eigenvalue weighted by molar-refractivity contribution is 6.48. The SMILES string of the molecule is CCC(=O)CCc1ccc(CCC(O)(c2cc(Cl)c(Cl)c(Cl)c2)C(F)(F)F)cc1C(F)(F)F.CCC(=O)CCc1ccc(N2CC(c3cc(Cl)c(Cl)c(Cl)c3)(C(F)(F)F)OC2=O)cc1C(F)(F)F. The third-order valence-corrected chi connectivity index (χ3v) is 13.2. The van der Waals surface area contributed by atoms with Crippen molar-refractivity contribution in [2.45, 2.75) is 101 Å². The lowest BCUT2D eigenvalue weighted by molar-refractivity contribution is -0.269. The van der Waals surface area contributed by atoms with E-state index in [1.165, 1.54) is 6.07 Å². The highest BCUT2D eigenvalue weighted by Crippen LogP contribution is 2.51. The van der Waals surface area contributed by atoms with Crippen molar-refractivity contribution >= 4 is 93.0 Å². The van der Waals surface area contributed by atoms with Gasteiger partial charge in [-0.25, -0.2) is 4.79 Å². The van der Waals surface area contributed by atoms with Crippen LogP contribution in [-0.2, 0) is 57.1 Å². The van der Waals surface area contributed by atoms with Gasteiger partial charge in [0.15, 0.2) is 5.60 Å². The third-order valence-electron chi connectivity index (χ3n) is 10.8. The number of amides is 1. The topological polar surface area (TPSA) is 83.9 Å². The second kappa shape index (κ2) is 21.8. The van der Waals surface area contributed by atoms with Gasteiger partial charge in [-0.3, -0.25) is 14.5 Å². The van der Waals surface area contributed by atoms with Crippen molar-refractivity contribution in [2.75, 3.05) is 11.4 Å². The van der Waals surface area contributed by atoms with Gasteiger partial charge in [-0.15, -0.1) is 0 Å². The minimum Gasteiger partial charge on any atom is -0.426 e. The zero-order valence-corrected chi connectivity index (χ0v) is 39.5. The van der Waals surface area contributed by atoms with Crippen LogP contribution in [0.15, 0.2) is 60.7 Å². The van der Waals surface area contributed by atoms with E-state index in [9.17, 15) is 72.2 Å². The summed E-state index contributed by atoms with van der Waals surface area (Å²) in [7, 11) is 0. The second-order valence-electron chi connectivity index (χ2n) is 15.3. The van der Waals surface area contributed by atoms with E-state index in [2.05, 4.69) is 0 Å². The number of ether oxygens (including phenoxy) is 1. The van der Waals surface area contributed by atoms with Crippen molar-refractivity contribution in [1.82, 2.24) is 0 Å². The van der Waals surface area contributed by atoms with Crippen LogP contribution < -0.4 is 4.90 Å². The van der Waals surface area contributed by atoms with Crippen LogP contribution in [-0.4, -0.2) is 41.7 Å². The van der Waals surface area contributed by atoms with Crippen LogP contribution in [0.1, 0.15) is 84.9 Å². The fourth-order valence-electron chi connectivity index (χ4n) is 6.92. The summed E-state index contributed by atoms with van der Waals surface area (Å²) in [6, 6.07) is 9.07. The molecule has 1 aliphatic rings. The van der Waals surface area contributed by atoms with Gasteiger partial charge in [0.2, 0.25) is 0 Å². The minimum absolute atomic E-state index is 0.0678. The van der Waals surface area contributed by atoms with Crippen molar-refractivity contribution in [3.05, 3.63) is 130 Å². The molecule has 0 saturated carbocycles. The quantitative estimate of drug-likeness (QED) is 0.100. The van der Waals surface area contributed by atoms with Crippen LogP contribution >= 0.6 is 69.6 Å². The van der Waals surface area contributed by atoms with Gasteiger partial charge >= 0.3 is 30.8 Å². The van der Waals surface area contributed by atoms with E-state index in [1.807, 2.05) is 0 Å². The number of aryl methyl sites for hydroxylation is 3. The summed E-state index contributed by atoms with van der Waals surface area (Å²) >= 11 is 34.9. The zero-order chi connectivity index (χ0) is 51.5. The molecule has 0 aromatic heterocycles. The molecule has 2 atom stereocenters. The van der Waals surface area contributed by atoms with Gasteiger partial charge in [0.05, 0.1) is 47.8 Å². The van der Waals surface area contributed by atoms with Crippen molar-refractivity contribution in [2.24, 2.45) is 0 Å². The monoisotopic (exact) mass is 1100 g/mol. The Morgan fingerprint density at radius 2 is 1.09 bits per heavy atom. The molecule has 1 N–H and O–H groups in total. The van der Waals surface area contributed by atoms with Crippen molar-refractivity contribution in [3.8, 4) is 0 Å². The molecule has 68 heavy (non-hydrogen) atoms. The summed E-state index contributed by atoms with van der Waals surface area (Å²) in [6.45, 7) is 1.97. The first-order chi connectivity index (χ1) is 31.2. The van der Waals surface area contributed by atoms with E-state index in [0.717, 1.165) is 48.5 Å². The summed E-state index contributed by atoms with van der Waals surface area (Å²) in [6.07, 6.45) is -23.3. The number of anilines is 1. The molecule has 372 valence electrons. The molecule has 1 saturated heterocycles. The molecule has 0 bridgehead atoms. The summed E-state index contributed by atoms with van der Waals surface area (Å²) in [4.78, 5) is 36.0. The molecule has 1 aliphatic heterocycles. The largest absolute Gasteiger partial charge is 0.434 e. The molecule has 1 fully saturated rings. The van der Waals surface area contributed by atoms with Gasteiger partial charge in [0.1, 0.15) is 11.6 Å². The highest BCUT2D eigenvalue weighted by atomic mass is 35.5. The fraction of sp³-hybridized carbons (Fsp3) is 0.386. The summed E-state index contributed by atoms with van der Waals surface area (Å²) < 4.78 is 171. The van der Waals surface area contributed by atoms with Crippen LogP contribution in [0.2, 0.25) is 30.1 Å². The lowest BCUT2D eigenvalue weighted by Crippen LogP contribution is -2.46.